The monoisotopic (exact) mass is 612 g/mol. The van der Waals surface area contributed by atoms with Crippen molar-refractivity contribution in [1.82, 2.24) is 4.57 Å². The summed E-state index contributed by atoms with van der Waals surface area (Å²) in [6.45, 7) is 0. The van der Waals surface area contributed by atoms with E-state index in [1.807, 2.05) is 0 Å². The van der Waals surface area contributed by atoms with E-state index in [2.05, 4.69) is 198 Å². The summed E-state index contributed by atoms with van der Waals surface area (Å²) in [7, 11) is 0. The van der Waals surface area contributed by atoms with E-state index in [1.165, 1.54) is 71.6 Å². The van der Waals surface area contributed by atoms with Crippen molar-refractivity contribution in [3.8, 4) is 39.1 Å². The number of anilines is 2. The van der Waals surface area contributed by atoms with Crippen molar-refractivity contribution >= 4 is 44.0 Å². The van der Waals surface area contributed by atoms with Gasteiger partial charge in [0.25, 0.3) is 0 Å². The van der Waals surface area contributed by atoms with Gasteiger partial charge in [-0.15, -0.1) is 0 Å². The zero-order valence-electron chi connectivity index (χ0n) is 26.3. The van der Waals surface area contributed by atoms with Crippen molar-refractivity contribution < 1.29 is 0 Å². The third-order valence-corrected chi connectivity index (χ3v) is 9.38. The van der Waals surface area contributed by atoms with Crippen LogP contribution in [0.1, 0.15) is 0 Å². The highest BCUT2D eigenvalue weighted by atomic mass is 15.0. The maximum Gasteiger partial charge on any atom is 0.0541 e. The Hall–Kier alpha value is -6.38. The van der Waals surface area contributed by atoms with E-state index in [9.17, 15) is 0 Å². The van der Waals surface area contributed by atoms with E-state index in [1.54, 1.807) is 0 Å². The summed E-state index contributed by atoms with van der Waals surface area (Å²) in [6.07, 6.45) is 0. The zero-order chi connectivity index (χ0) is 31.9. The van der Waals surface area contributed by atoms with Crippen LogP contribution in [0, 0.1) is 0 Å². The van der Waals surface area contributed by atoms with Crippen molar-refractivity contribution in [1.29, 1.82) is 0 Å². The average Bonchev–Trinajstić information content (AvgIpc) is 3.49. The van der Waals surface area contributed by atoms with Crippen LogP contribution in [0.3, 0.4) is 0 Å². The minimum atomic E-state index is 1.06. The standard InChI is InChI=1S/C46H32N2/c1-3-10-32(11-4-1)36-22-28-45-43(30-36)44-31-37(23-29-46(44)48(45)40-14-5-2-6-15-40)33-18-24-38(25-19-33)47-39-26-20-35(21-27-39)42-17-9-13-34-12-7-8-16-41(34)42/h1-31,47H. The van der Waals surface area contributed by atoms with Gasteiger partial charge in [-0.2, -0.15) is 0 Å². The number of hydrogen-bond acceptors (Lipinski definition) is 1. The van der Waals surface area contributed by atoms with Gasteiger partial charge in [0.05, 0.1) is 11.0 Å². The highest BCUT2D eigenvalue weighted by Crippen LogP contribution is 2.37. The fourth-order valence-corrected chi connectivity index (χ4v) is 6.99. The van der Waals surface area contributed by atoms with Gasteiger partial charge in [0.2, 0.25) is 0 Å². The van der Waals surface area contributed by atoms with E-state index in [4.69, 9.17) is 0 Å². The first-order chi connectivity index (χ1) is 23.8. The Labute approximate surface area is 280 Å². The minimum Gasteiger partial charge on any atom is -0.356 e. The molecule has 0 unspecified atom stereocenters. The molecule has 1 N–H and O–H groups in total. The number of para-hydroxylation sites is 1. The molecule has 9 rings (SSSR count). The molecule has 2 nitrogen and oxygen atoms in total. The molecule has 0 aliphatic rings. The molecule has 1 heterocycles. The van der Waals surface area contributed by atoms with Gasteiger partial charge in [0.1, 0.15) is 0 Å². The lowest BCUT2D eigenvalue weighted by molar-refractivity contribution is 1.18. The van der Waals surface area contributed by atoms with Crippen LogP contribution in [0.5, 0.6) is 0 Å². The lowest BCUT2D eigenvalue weighted by Gasteiger charge is -2.11. The van der Waals surface area contributed by atoms with E-state index in [0.29, 0.717) is 0 Å². The molecule has 0 amide bonds. The van der Waals surface area contributed by atoms with E-state index in [-0.39, 0.29) is 0 Å². The Morgan fingerprint density at radius 3 is 1.48 bits per heavy atom. The summed E-state index contributed by atoms with van der Waals surface area (Å²) in [6, 6.07) is 67.5. The Balaban J connectivity index is 1.04. The highest BCUT2D eigenvalue weighted by Gasteiger charge is 2.15. The van der Waals surface area contributed by atoms with Gasteiger partial charge in [0, 0.05) is 27.8 Å². The number of hydrogen-bond donors (Lipinski definition) is 1. The first kappa shape index (κ1) is 27.9. The second-order valence-electron chi connectivity index (χ2n) is 12.3. The topological polar surface area (TPSA) is 17.0 Å². The van der Waals surface area contributed by atoms with Crippen molar-refractivity contribution in [2.45, 2.75) is 0 Å². The first-order valence-electron chi connectivity index (χ1n) is 16.4. The Morgan fingerprint density at radius 1 is 0.333 bits per heavy atom. The Kier molecular flexibility index (Phi) is 6.84. The molecule has 48 heavy (non-hydrogen) atoms. The molecule has 0 radical (unpaired) electrons. The van der Waals surface area contributed by atoms with Crippen LogP contribution in [0.25, 0.3) is 71.6 Å². The molecule has 0 aliphatic heterocycles. The summed E-state index contributed by atoms with van der Waals surface area (Å²) >= 11 is 0. The van der Waals surface area contributed by atoms with Gasteiger partial charge in [0.15, 0.2) is 0 Å². The normalized spacial score (nSPS) is 11.3. The SMILES string of the molecule is c1ccc(-c2ccc3c(c2)c2cc(-c4ccc(Nc5ccc(-c6cccc7ccccc67)cc5)cc4)ccc2n3-c2ccccc2)cc1. The maximum absolute atomic E-state index is 3.59. The quantitative estimate of drug-likeness (QED) is 0.198. The van der Waals surface area contributed by atoms with Gasteiger partial charge >= 0.3 is 0 Å². The summed E-state index contributed by atoms with van der Waals surface area (Å²) in [5, 5.41) is 8.63. The molecule has 2 heteroatoms. The summed E-state index contributed by atoms with van der Waals surface area (Å²) < 4.78 is 2.38. The van der Waals surface area contributed by atoms with Crippen LogP contribution in [0.4, 0.5) is 11.4 Å². The predicted molar refractivity (Wildman–Crippen MR) is 204 cm³/mol. The molecule has 8 aromatic carbocycles. The van der Waals surface area contributed by atoms with Crippen molar-refractivity contribution in [3.63, 3.8) is 0 Å². The first-order valence-corrected chi connectivity index (χ1v) is 16.4. The summed E-state index contributed by atoms with van der Waals surface area (Å²) in [5.74, 6) is 0. The molecule has 0 spiro atoms. The number of fused-ring (bicyclic) bond motifs is 4. The van der Waals surface area contributed by atoms with Crippen LogP contribution < -0.4 is 5.32 Å². The molecule has 0 bridgehead atoms. The van der Waals surface area contributed by atoms with Crippen molar-refractivity contribution in [2.75, 3.05) is 5.32 Å². The largest absolute Gasteiger partial charge is 0.356 e. The van der Waals surface area contributed by atoms with Crippen LogP contribution >= 0.6 is 0 Å². The second kappa shape index (κ2) is 11.8. The third kappa shape index (κ3) is 5.01. The van der Waals surface area contributed by atoms with Crippen molar-refractivity contribution in [3.05, 3.63) is 188 Å². The predicted octanol–water partition coefficient (Wildman–Crippen LogP) is 12.7. The molecule has 0 atom stereocenters. The van der Waals surface area contributed by atoms with Crippen LogP contribution in [0.15, 0.2) is 188 Å². The fraction of sp³-hybridized carbons (Fsp3) is 0. The lowest BCUT2D eigenvalue weighted by atomic mass is 9.98. The van der Waals surface area contributed by atoms with Gasteiger partial charge in [-0.3, -0.25) is 0 Å². The van der Waals surface area contributed by atoms with E-state index in [0.717, 1.165) is 11.4 Å². The maximum atomic E-state index is 3.59. The molecule has 9 aromatic rings. The number of nitrogens with one attached hydrogen (secondary N) is 1. The van der Waals surface area contributed by atoms with Gasteiger partial charge in [-0.1, -0.05) is 127 Å². The molecule has 0 fully saturated rings. The number of nitrogens with zero attached hydrogens (tertiary/aromatic N) is 1. The molecule has 0 aliphatic carbocycles. The number of rotatable bonds is 6. The van der Waals surface area contributed by atoms with E-state index < -0.39 is 0 Å². The zero-order valence-corrected chi connectivity index (χ0v) is 26.3. The van der Waals surface area contributed by atoms with Gasteiger partial charge in [-0.05, 0) is 105 Å². The average molecular weight is 613 g/mol. The second-order valence-corrected chi connectivity index (χ2v) is 12.3. The van der Waals surface area contributed by atoms with Gasteiger partial charge < -0.3 is 9.88 Å². The molecule has 226 valence electrons. The van der Waals surface area contributed by atoms with E-state index >= 15 is 0 Å². The highest BCUT2D eigenvalue weighted by molar-refractivity contribution is 6.11. The number of aromatic nitrogens is 1. The molecule has 0 saturated heterocycles. The lowest BCUT2D eigenvalue weighted by Crippen LogP contribution is -1.93. The van der Waals surface area contributed by atoms with Gasteiger partial charge in [-0.25, -0.2) is 0 Å². The van der Waals surface area contributed by atoms with Crippen LogP contribution in [-0.2, 0) is 0 Å². The molecular formula is C46H32N2. The smallest absolute Gasteiger partial charge is 0.0541 e. The molecular weight excluding hydrogens is 581 g/mol. The number of benzene rings is 8. The summed E-state index contributed by atoms with van der Waals surface area (Å²) in [4.78, 5) is 0. The Bertz CT molecular complexity index is 2540. The molecule has 0 saturated carbocycles. The minimum absolute atomic E-state index is 1.06. The van der Waals surface area contributed by atoms with Crippen LogP contribution in [-0.4, -0.2) is 4.57 Å². The third-order valence-electron chi connectivity index (χ3n) is 9.38. The molecule has 1 aromatic heterocycles. The van der Waals surface area contributed by atoms with Crippen molar-refractivity contribution in [2.24, 2.45) is 0 Å². The summed E-state index contributed by atoms with van der Waals surface area (Å²) in [5.41, 5.74) is 13.0. The van der Waals surface area contributed by atoms with Crippen LogP contribution in [0.2, 0.25) is 0 Å². The fourth-order valence-electron chi connectivity index (χ4n) is 6.99. The Morgan fingerprint density at radius 2 is 0.833 bits per heavy atom.